The van der Waals surface area contributed by atoms with Gasteiger partial charge in [0, 0.05) is 19.5 Å². The summed E-state index contributed by atoms with van der Waals surface area (Å²) >= 11 is 0. The molecule has 0 radical (unpaired) electrons. The number of rotatable bonds is 2. The molecule has 1 fully saturated rings. The fraction of sp³-hybridized carbons (Fsp3) is 0.889. The zero-order valence-electron chi connectivity index (χ0n) is 8.66. The Kier molecular flexibility index (Phi) is 2.93. The normalized spacial score (nSPS) is 27.5. The van der Waals surface area contributed by atoms with Crippen molar-refractivity contribution >= 4 is 5.97 Å². The molecular formula is C9H17NO3. The molecule has 76 valence electrons. The minimum atomic E-state index is -0.254. The number of nitrogens with zero attached hydrogens (tertiary/aromatic N) is 1. The number of hydrogen-bond acceptors (Lipinski definition) is 4. The molecule has 1 aliphatic heterocycles. The zero-order valence-corrected chi connectivity index (χ0v) is 8.66. The summed E-state index contributed by atoms with van der Waals surface area (Å²) in [6.45, 7) is 5.95. The summed E-state index contributed by atoms with van der Waals surface area (Å²) in [4.78, 5) is 16.0. The molecule has 0 aromatic carbocycles. The van der Waals surface area contributed by atoms with Crippen molar-refractivity contribution in [3.63, 3.8) is 0 Å². The van der Waals surface area contributed by atoms with Crippen molar-refractivity contribution in [2.75, 3.05) is 13.7 Å². The van der Waals surface area contributed by atoms with Crippen LogP contribution in [0.25, 0.3) is 0 Å². The lowest BCUT2D eigenvalue weighted by molar-refractivity contribution is -0.177. The minimum absolute atomic E-state index is 0.00361. The third-order valence-electron chi connectivity index (χ3n) is 2.36. The number of carbonyl (C=O) groups is 1. The van der Waals surface area contributed by atoms with Gasteiger partial charge in [0.05, 0.1) is 0 Å². The van der Waals surface area contributed by atoms with Gasteiger partial charge in [-0.1, -0.05) is 0 Å². The molecule has 0 aromatic rings. The van der Waals surface area contributed by atoms with Crippen LogP contribution < -0.4 is 0 Å². The van der Waals surface area contributed by atoms with Gasteiger partial charge in [-0.25, -0.2) is 0 Å². The van der Waals surface area contributed by atoms with Crippen LogP contribution in [0, 0.1) is 0 Å². The monoisotopic (exact) mass is 187 g/mol. The average molecular weight is 187 g/mol. The molecule has 4 nitrogen and oxygen atoms in total. The summed E-state index contributed by atoms with van der Waals surface area (Å²) in [5, 5.41) is 1.82. The van der Waals surface area contributed by atoms with Crippen molar-refractivity contribution in [3.05, 3.63) is 0 Å². The van der Waals surface area contributed by atoms with E-state index in [2.05, 4.69) is 13.8 Å². The van der Waals surface area contributed by atoms with Gasteiger partial charge in [0.2, 0.25) is 0 Å². The van der Waals surface area contributed by atoms with Crippen LogP contribution in [0.1, 0.15) is 27.2 Å². The van der Waals surface area contributed by atoms with Gasteiger partial charge < -0.3 is 4.74 Å². The van der Waals surface area contributed by atoms with Crippen LogP contribution in [0.2, 0.25) is 0 Å². The van der Waals surface area contributed by atoms with Gasteiger partial charge in [0.25, 0.3) is 0 Å². The van der Waals surface area contributed by atoms with E-state index in [1.807, 2.05) is 12.1 Å². The lowest BCUT2D eigenvalue weighted by Gasteiger charge is -2.23. The molecule has 1 rings (SSSR count). The van der Waals surface area contributed by atoms with Crippen LogP contribution in [0.3, 0.4) is 0 Å². The molecule has 1 saturated heterocycles. The Balaban J connectivity index is 2.36. The van der Waals surface area contributed by atoms with E-state index < -0.39 is 0 Å². The molecule has 1 aliphatic rings. The van der Waals surface area contributed by atoms with E-state index in [1.54, 1.807) is 0 Å². The highest BCUT2D eigenvalue weighted by Gasteiger charge is 2.37. The van der Waals surface area contributed by atoms with Gasteiger partial charge in [0.1, 0.15) is 12.7 Å². The molecule has 0 aromatic heterocycles. The highest BCUT2D eigenvalue weighted by molar-refractivity contribution is 5.65. The summed E-state index contributed by atoms with van der Waals surface area (Å²) in [5.74, 6) is -0.254. The van der Waals surface area contributed by atoms with Crippen LogP contribution >= 0.6 is 0 Å². The molecule has 0 aliphatic carbocycles. The molecule has 0 spiro atoms. The Hall–Kier alpha value is -0.610. The molecular weight excluding hydrogens is 170 g/mol. The second-order valence-corrected chi connectivity index (χ2v) is 4.04. The van der Waals surface area contributed by atoms with Crippen molar-refractivity contribution in [1.29, 1.82) is 0 Å². The Morgan fingerprint density at radius 2 is 2.31 bits per heavy atom. The van der Waals surface area contributed by atoms with Crippen LogP contribution in [-0.4, -0.2) is 36.3 Å². The molecule has 1 atom stereocenters. The first-order valence-electron chi connectivity index (χ1n) is 4.46. The molecule has 4 heteroatoms. The summed E-state index contributed by atoms with van der Waals surface area (Å²) in [7, 11) is 1.90. The standard InChI is InChI=1S/C9H17NO3/c1-7(11)12-6-8-5-9(2,3)10(4)13-8/h8H,5-6H2,1-4H3. The van der Waals surface area contributed by atoms with Crippen molar-refractivity contribution in [1.82, 2.24) is 5.06 Å². The van der Waals surface area contributed by atoms with Crippen molar-refractivity contribution in [2.45, 2.75) is 38.8 Å². The predicted octanol–water partition coefficient (Wildman–Crippen LogP) is 0.964. The smallest absolute Gasteiger partial charge is 0.302 e. The van der Waals surface area contributed by atoms with Gasteiger partial charge in [-0.05, 0) is 20.3 Å². The Bertz CT molecular complexity index is 203. The third-order valence-corrected chi connectivity index (χ3v) is 2.36. The maximum atomic E-state index is 10.6. The topological polar surface area (TPSA) is 38.8 Å². The summed E-state index contributed by atoms with van der Waals surface area (Å²) in [5.41, 5.74) is 0.0326. The molecule has 13 heavy (non-hydrogen) atoms. The number of hydrogen-bond donors (Lipinski definition) is 0. The first-order chi connectivity index (χ1) is 5.92. The minimum Gasteiger partial charge on any atom is -0.463 e. The fourth-order valence-electron chi connectivity index (χ4n) is 1.39. The lowest BCUT2D eigenvalue weighted by atomic mass is 9.99. The van der Waals surface area contributed by atoms with Crippen LogP contribution in [0.5, 0.6) is 0 Å². The summed E-state index contributed by atoms with van der Waals surface area (Å²) in [6, 6.07) is 0. The maximum Gasteiger partial charge on any atom is 0.302 e. The number of carbonyl (C=O) groups excluding carboxylic acids is 1. The maximum absolute atomic E-state index is 10.6. The van der Waals surface area contributed by atoms with E-state index in [-0.39, 0.29) is 17.6 Å². The Labute approximate surface area is 78.8 Å². The van der Waals surface area contributed by atoms with Crippen molar-refractivity contribution in [3.8, 4) is 0 Å². The van der Waals surface area contributed by atoms with E-state index in [0.717, 1.165) is 6.42 Å². The molecule has 1 heterocycles. The Morgan fingerprint density at radius 1 is 1.69 bits per heavy atom. The number of ether oxygens (including phenoxy) is 1. The average Bonchev–Trinajstić information content (AvgIpc) is 2.22. The van der Waals surface area contributed by atoms with Crippen molar-refractivity contribution < 1.29 is 14.4 Å². The Morgan fingerprint density at radius 3 is 2.69 bits per heavy atom. The first-order valence-corrected chi connectivity index (χ1v) is 4.46. The van der Waals surface area contributed by atoms with Crippen LogP contribution in [-0.2, 0) is 14.4 Å². The number of hydroxylamine groups is 2. The molecule has 0 N–H and O–H groups in total. The molecule has 0 bridgehead atoms. The van der Waals surface area contributed by atoms with Crippen LogP contribution in [0.15, 0.2) is 0 Å². The third kappa shape index (κ3) is 2.67. The van der Waals surface area contributed by atoms with Crippen LogP contribution in [0.4, 0.5) is 0 Å². The zero-order chi connectivity index (χ0) is 10.1. The van der Waals surface area contributed by atoms with Gasteiger partial charge in [-0.15, -0.1) is 0 Å². The van der Waals surface area contributed by atoms with E-state index in [4.69, 9.17) is 9.57 Å². The lowest BCUT2D eigenvalue weighted by Crippen LogP contribution is -2.33. The van der Waals surface area contributed by atoms with E-state index >= 15 is 0 Å². The van der Waals surface area contributed by atoms with Gasteiger partial charge in [-0.2, -0.15) is 5.06 Å². The second kappa shape index (κ2) is 3.64. The molecule has 0 amide bonds. The van der Waals surface area contributed by atoms with Gasteiger partial charge >= 0.3 is 5.97 Å². The van der Waals surface area contributed by atoms with Crippen molar-refractivity contribution in [2.24, 2.45) is 0 Å². The quantitative estimate of drug-likeness (QED) is 0.604. The van der Waals surface area contributed by atoms with E-state index in [0.29, 0.717) is 6.61 Å². The molecule has 1 unspecified atom stereocenters. The van der Waals surface area contributed by atoms with E-state index in [1.165, 1.54) is 6.92 Å². The second-order valence-electron chi connectivity index (χ2n) is 4.04. The first kappa shape index (κ1) is 10.5. The molecule has 0 saturated carbocycles. The van der Waals surface area contributed by atoms with E-state index in [9.17, 15) is 4.79 Å². The SMILES string of the molecule is CC(=O)OCC1CC(C)(C)N(C)O1. The fourth-order valence-corrected chi connectivity index (χ4v) is 1.39. The number of esters is 1. The highest BCUT2D eigenvalue weighted by atomic mass is 16.7. The summed E-state index contributed by atoms with van der Waals surface area (Å²) < 4.78 is 4.88. The summed E-state index contributed by atoms with van der Waals surface area (Å²) in [6.07, 6.45) is 0.889. The largest absolute Gasteiger partial charge is 0.463 e. The predicted molar refractivity (Wildman–Crippen MR) is 48.0 cm³/mol. The van der Waals surface area contributed by atoms with Gasteiger partial charge in [0.15, 0.2) is 0 Å². The highest BCUT2D eigenvalue weighted by Crippen LogP contribution is 2.29. The van der Waals surface area contributed by atoms with Gasteiger partial charge in [-0.3, -0.25) is 9.63 Å².